The summed E-state index contributed by atoms with van der Waals surface area (Å²) in [6.07, 6.45) is 0. The second-order valence-electron chi connectivity index (χ2n) is 5.20. The van der Waals surface area contributed by atoms with Crippen LogP contribution < -0.4 is 10.9 Å². The molecule has 116 valence electrons. The molecule has 0 saturated carbocycles. The van der Waals surface area contributed by atoms with E-state index in [0.717, 1.165) is 9.86 Å². The van der Waals surface area contributed by atoms with Crippen molar-refractivity contribution in [3.05, 3.63) is 73.4 Å². The maximum absolute atomic E-state index is 12.3. The lowest BCUT2D eigenvalue weighted by atomic mass is 10.1. The number of H-pyrrole nitrogens is 1. The largest absolute Gasteiger partial charge is 0.322 e. The molecule has 2 N–H and O–H groups in total. The molecule has 0 spiro atoms. The molecule has 1 heterocycles. The number of nitrogens with one attached hydrogen (secondary N) is 2. The summed E-state index contributed by atoms with van der Waals surface area (Å²) < 4.78 is 0.730. The van der Waals surface area contributed by atoms with Gasteiger partial charge in [-0.1, -0.05) is 33.6 Å². The molecule has 3 rings (SSSR count). The van der Waals surface area contributed by atoms with Gasteiger partial charge in [0, 0.05) is 26.3 Å². The number of anilines is 1. The zero-order valence-corrected chi connectivity index (χ0v) is 14.5. The van der Waals surface area contributed by atoms with Crippen LogP contribution in [-0.4, -0.2) is 10.9 Å². The number of carbonyl (C=O) groups excluding carboxylic acids is 1. The Labute approximate surface area is 145 Å². The Hall–Kier alpha value is -2.11. The van der Waals surface area contributed by atoms with E-state index in [1.807, 2.05) is 12.1 Å². The Kier molecular flexibility index (Phi) is 4.24. The van der Waals surface area contributed by atoms with Crippen molar-refractivity contribution in [3.63, 3.8) is 0 Å². The van der Waals surface area contributed by atoms with Crippen molar-refractivity contribution in [1.82, 2.24) is 4.98 Å². The third kappa shape index (κ3) is 3.46. The minimum atomic E-state index is -0.276. The van der Waals surface area contributed by atoms with Crippen LogP contribution in [0.3, 0.4) is 0 Å². The first kappa shape index (κ1) is 15.8. The fourth-order valence-corrected chi connectivity index (χ4v) is 3.14. The van der Waals surface area contributed by atoms with E-state index >= 15 is 0 Å². The Bertz CT molecular complexity index is 962. The molecule has 1 amide bonds. The van der Waals surface area contributed by atoms with Gasteiger partial charge in [-0.05, 0) is 48.7 Å². The van der Waals surface area contributed by atoms with E-state index < -0.39 is 0 Å². The van der Waals surface area contributed by atoms with E-state index in [0.29, 0.717) is 27.4 Å². The Morgan fingerprint density at radius 1 is 1.17 bits per heavy atom. The number of halogens is 2. The maximum atomic E-state index is 12.3. The van der Waals surface area contributed by atoms with Crippen molar-refractivity contribution in [2.24, 2.45) is 0 Å². The number of carbonyl (C=O) groups is 1. The fraction of sp³-hybridized carbons (Fsp3) is 0.0588. The van der Waals surface area contributed by atoms with Crippen LogP contribution in [0, 0.1) is 6.92 Å². The molecule has 0 aliphatic heterocycles. The third-order valence-electron chi connectivity index (χ3n) is 3.41. The summed E-state index contributed by atoms with van der Waals surface area (Å²) >= 11 is 9.27. The van der Waals surface area contributed by atoms with Crippen molar-refractivity contribution >= 4 is 50.0 Å². The summed E-state index contributed by atoms with van der Waals surface area (Å²) in [6.45, 7) is 1.75. The average Bonchev–Trinajstić information content (AvgIpc) is 2.47. The van der Waals surface area contributed by atoms with E-state index in [4.69, 9.17) is 11.6 Å². The molecule has 2 aromatic carbocycles. The normalized spacial score (nSPS) is 10.7. The summed E-state index contributed by atoms with van der Waals surface area (Å²) in [6, 6.07) is 12.2. The number of hydrogen-bond donors (Lipinski definition) is 2. The molecule has 0 unspecified atom stereocenters. The van der Waals surface area contributed by atoms with Crippen LogP contribution in [0.5, 0.6) is 0 Å². The number of rotatable bonds is 2. The zero-order valence-electron chi connectivity index (χ0n) is 12.1. The minimum absolute atomic E-state index is 0.139. The van der Waals surface area contributed by atoms with Crippen molar-refractivity contribution in [2.45, 2.75) is 6.92 Å². The lowest BCUT2D eigenvalue weighted by Crippen LogP contribution is -2.12. The summed E-state index contributed by atoms with van der Waals surface area (Å²) in [5, 5.41) is 4.18. The first-order valence-electron chi connectivity index (χ1n) is 6.83. The van der Waals surface area contributed by atoms with Gasteiger partial charge < -0.3 is 10.3 Å². The number of hydrogen-bond acceptors (Lipinski definition) is 2. The highest BCUT2D eigenvalue weighted by Crippen LogP contribution is 2.22. The number of aryl methyl sites for hydroxylation is 1. The van der Waals surface area contributed by atoms with Crippen LogP contribution in [-0.2, 0) is 0 Å². The number of amides is 1. The molecule has 4 nitrogen and oxygen atoms in total. The molecular weight excluding hydrogens is 380 g/mol. The van der Waals surface area contributed by atoms with E-state index in [1.165, 1.54) is 0 Å². The van der Waals surface area contributed by atoms with Gasteiger partial charge in [-0.3, -0.25) is 9.59 Å². The molecule has 0 radical (unpaired) electrons. The van der Waals surface area contributed by atoms with Crippen LogP contribution in [0.4, 0.5) is 5.69 Å². The number of fused-ring (bicyclic) bond motifs is 1. The van der Waals surface area contributed by atoms with Crippen LogP contribution in [0.25, 0.3) is 10.9 Å². The molecule has 3 aromatic rings. The van der Waals surface area contributed by atoms with Gasteiger partial charge in [0.25, 0.3) is 11.5 Å². The van der Waals surface area contributed by atoms with Crippen LogP contribution in [0.1, 0.15) is 15.9 Å². The van der Waals surface area contributed by atoms with Crippen LogP contribution in [0.2, 0.25) is 5.02 Å². The molecule has 0 fully saturated rings. The quantitative estimate of drug-likeness (QED) is 0.675. The minimum Gasteiger partial charge on any atom is -0.322 e. The first-order valence-corrected chi connectivity index (χ1v) is 8.00. The monoisotopic (exact) mass is 390 g/mol. The number of aromatic amines is 1. The lowest BCUT2D eigenvalue weighted by Gasteiger charge is -2.08. The SMILES string of the molecule is Cc1cc2ccc(NC(=O)c3cc(Cl)cc(Br)c3)cc2[nH]c1=O. The summed E-state index contributed by atoms with van der Waals surface area (Å²) in [5.74, 6) is -0.276. The third-order valence-corrected chi connectivity index (χ3v) is 4.09. The molecule has 0 aliphatic rings. The van der Waals surface area contributed by atoms with E-state index in [9.17, 15) is 9.59 Å². The average molecular weight is 392 g/mol. The summed E-state index contributed by atoms with van der Waals surface area (Å²) in [7, 11) is 0. The molecule has 23 heavy (non-hydrogen) atoms. The van der Waals surface area contributed by atoms with Gasteiger partial charge in [0.1, 0.15) is 0 Å². The number of benzene rings is 2. The van der Waals surface area contributed by atoms with Crippen LogP contribution in [0.15, 0.2) is 51.7 Å². The first-order chi connectivity index (χ1) is 10.9. The van der Waals surface area contributed by atoms with Gasteiger partial charge >= 0.3 is 0 Å². The highest BCUT2D eigenvalue weighted by Gasteiger charge is 2.09. The van der Waals surface area contributed by atoms with E-state index in [-0.39, 0.29) is 11.5 Å². The summed E-state index contributed by atoms with van der Waals surface area (Å²) in [4.78, 5) is 26.8. The Morgan fingerprint density at radius 2 is 1.96 bits per heavy atom. The zero-order chi connectivity index (χ0) is 16.6. The second-order valence-corrected chi connectivity index (χ2v) is 6.55. The Morgan fingerprint density at radius 3 is 2.70 bits per heavy atom. The fourth-order valence-electron chi connectivity index (χ4n) is 2.28. The predicted molar refractivity (Wildman–Crippen MR) is 96.4 cm³/mol. The molecule has 1 aromatic heterocycles. The van der Waals surface area contributed by atoms with Gasteiger partial charge in [-0.25, -0.2) is 0 Å². The van der Waals surface area contributed by atoms with Crippen molar-refractivity contribution in [2.75, 3.05) is 5.32 Å². The summed E-state index contributed by atoms with van der Waals surface area (Å²) in [5.41, 5.74) is 2.23. The highest BCUT2D eigenvalue weighted by atomic mass is 79.9. The van der Waals surface area contributed by atoms with E-state index in [1.54, 1.807) is 37.3 Å². The van der Waals surface area contributed by atoms with Gasteiger partial charge in [-0.2, -0.15) is 0 Å². The number of pyridine rings is 1. The van der Waals surface area contributed by atoms with Gasteiger partial charge in [0.05, 0.1) is 5.52 Å². The predicted octanol–water partition coefficient (Wildman–Crippen LogP) is 4.50. The van der Waals surface area contributed by atoms with Gasteiger partial charge in [0.15, 0.2) is 0 Å². The van der Waals surface area contributed by atoms with Gasteiger partial charge in [0.2, 0.25) is 0 Å². The molecule has 6 heteroatoms. The second kappa shape index (κ2) is 6.18. The Balaban J connectivity index is 1.93. The van der Waals surface area contributed by atoms with Crippen molar-refractivity contribution in [1.29, 1.82) is 0 Å². The van der Waals surface area contributed by atoms with E-state index in [2.05, 4.69) is 26.2 Å². The van der Waals surface area contributed by atoms with Crippen molar-refractivity contribution in [3.8, 4) is 0 Å². The van der Waals surface area contributed by atoms with Crippen LogP contribution >= 0.6 is 27.5 Å². The molecular formula is C17H12BrClN2O2. The molecule has 0 saturated heterocycles. The van der Waals surface area contributed by atoms with Crippen molar-refractivity contribution < 1.29 is 4.79 Å². The maximum Gasteiger partial charge on any atom is 0.255 e. The molecule has 0 bridgehead atoms. The topological polar surface area (TPSA) is 62.0 Å². The lowest BCUT2D eigenvalue weighted by molar-refractivity contribution is 0.102. The molecule has 0 aliphatic carbocycles. The molecule has 0 atom stereocenters. The highest BCUT2D eigenvalue weighted by molar-refractivity contribution is 9.10. The smallest absolute Gasteiger partial charge is 0.255 e. The number of aromatic nitrogens is 1. The van der Waals surface area contributed by atoms with Gasteiger partial charge in [-0.15, -0.1) is 0 Å². The standard InChI is InChI=1S/C17H12BrClN2O2/c1-9-4-10-2-3-14(8-15(10)21-16(9)22)20-17(23)11-5-12(18)7-13(19)6-11/h2-8H,1H3,(H,20,23)(H,21,22).